The van der Waals surface area contributed by atoms with Gasteiger partial charge in [-0.2, -0.15) is 0 Å². The van der Waals surface area contributed by atoms with Crippen molar-refractivity contribution in [3.8, 4) is 0 Å². The Morgan fingerprint density at radius 2 is 2.00 bits per heavy atom. The van der Waals surface area contributed by atoms with Gasteiger partial charge in [-0.25, -0.2) is 8.78 Å². The molecule has 2 atom stereocenters. The van der Waals surface area contributed by atoms with E-state index in [1.165, 1.54) is 0 Å². The van der Waals surface area contributed by atoms with Crippen LogP contribution in [0.25, 0.3) is 0 Å². The predicted molar refractivity (Wildman–Crippen MR) is 73.1 cm³/mol. The Kier molecular flexibility index (Phi) is 5.57. The summed E-state index contributed by atoms with van der Waals surface area (Å²) in [5, 5.41) is 3.54. The van der Waals surface area contributed by atoms with Crippen molar-refractivity contribution in [3.05, 3.63) is 0 Å². The standard InChI is InChI=1S/C15H29F2N/c1-5-9-18-13(14(2,3)4)10-12-7-6-8-15(16,17)11-12/h12-13,18H,5-11H2,1-4H3. The molecule has 1 aliphatic carbocycles. The number of alkyl halides is 2. The lowest BCUT2D eigenvalue weighted by Crippen LogP contribution is -2.43. The monoisotopic (exact) mass is 261 g/mol. The molecular weight excluding hydrogens is 232 g/mol. The predicted octanol–water partition coefficient (Wildman–Crippen LogP) is 4.62. The smallest absolute Gasteiger partial charge is 0.248 e. The van der Waals surface area contributed by atoms with Gasteiger partial charge in [0.15, 0.2) is 0 Å². The van der Waals surface area contributed by atoms with Gasteiger partial charge in [-0.15, -0.1) is 0 Å². The molecule has 1 fully saturated rings. The van der Waals surface area contributed by atoms with Crippen molar-refractivity contribution in [1.82, 2.24) is 5.32 Å². The maximum absolute atomic E-state index is 13.4. The van der Waals surface area contributed by atoms with Gasteiger partial charge in [-0.05, 0) is 43.6 Å². The van der Waals surface area contributed by atoms with Gasteiger partial charge in [0, 0.05) is 18.9 Å². The summed E-state index contributed by atoms with van der Waals surface area (Å²) in [5.41, 5.74) is 0.141. The summed E-state index contributed by atoms with van der Waals surface area (Å²) < 4.78 is 26.9. The van der Waals surface area contributed by atoms with E-state index in [1.54, 1.807) is 0 Å². The SMILES string of the molecule is CCCNC(CC1CCCC(F)(F)C1)C(C)(C)C. The molecule has 2 unspecified atom stereocenters. The van der Waals surface area contributed by atoms with Crippen molar-refractivity contribution in [2.24, 2.45) is 11.3 Å². The van der Waals surface area contributed by atoms with E-state index in [9.17, 15) is 8.78 Å². The molecule has 0 aromatic heterocycles. The number of halogens is 2. The Bertz CT molecular complexity index is 245. The maximum atomic E-state index is 13.4. The van der Waals surface area contributed by atoms with Crippen LogP contribution in [0.5, 0.6) is 0 Å². The molecule has 1 N–H and O–H groups in total. The molecule has 18 heavy (non-hydrogen) atoms. The van der Waals surface area contributed by atoms with Gasteiger partial charge < -0.3 is 5.32 Å². The van der Waals surface area contributed by atoms with Crippen molar-refractivity contribution in [2.45, 2.75) is 78.2 Å². The second-order valence-electron chi connectivity index (χ2n) is 6.93. The molecule has 0 aromatic rings. The van der Waals surface area contributed by atoms with Gasteiger partial charge in [0.2, 0.25) is 5.92 Å². The molecule has 0 bridgehead atoms. The Labute approximate surface area is 111 Å². The number of rotatable bonds is 5. The highest BCUT2D eigenvalue weighted by Crippen LogP contribution is 2.40. The number of hydrogen-bond donors (Lipinski definition) is 1. The molecule has 1 aliphatic rings. The van der Waals surface area contributed by atoms with Crippen LogP contribution in [0, 0.1) is 11.3 Å². The largest absolute Gasteiger partial charge is 0.313 e. The van der Waals surface area contributed by atoms with E-state index in [2.05, 4.69) is 33.0 Å². The van der Waals surface area contributed by atoms with Crippen molar-refractivity contribution < 1.29 is 8.78 Å². The minimum absolute atomic E-state index is 0.0894. The van der Waals surface area contributed by atoms with Crippen LogP contribution < -0.4 is 5.32 Å². The fourth-order valence-electron chi connectivity index (χ4n) is 2.87. The van der Waals surface area contributed by atoms with Crippen LogP contribution in [0.3, 0.4) is 0 Å². The Balaban J connectivity index is 2.54. The van der Waals surface area contributed by atoms with Gasteiger partial charge in [0.1, 0.15) is 0 Å². The van der Waals surface area contributed by atoms with Crippen molar-refractivity contribution in [3.63, 3.8) is 0 Å². The van der Waals surface area contributed by atoms with E-state index >= 15 is 0 Å². The average Bonchev–Trinajstić information content (AvgIpc) is 2.21. The zero-order valence-electron chi connectivity index (χ0n) is 12.4. The van der Waals surface area contributed by atoms with E-state index in [0.29, 0.717) is 12.5 Å². The molecule has 0 saturated heterocycles. The molecule has 0 spiro atoms. The van der Waals surface area contributed by atoms with E-state index in [0.717, 1.165) is 25.8 Å². The third-order valence-electron chi connectivity index (χ3n) is 4.00. The summed E-state index contributed by atoms with van der Waals surface area (Å²) in [6.07, 6.45) is 3.81. The highest BCUT2D eigenvalue weighted by atomic mass is 19.3. The molecule has 0 radical (unpaired) electrons. The topological polar surface area (TPSA) is 12.0 Å². The third-order valence-corrected chi connectivity index (χ3v) is 4.00. The number of nitrogens with one attached hydrogen (secondary N) is 1. The Morgan fingerprint density at radius 3 is 2.50 bits per heavy atom. The van der Waals surface area contributed by atoms with E-state index in [1.807, 2.05) is 0 Å². The Hall–Kier alpha value is -0.180. The fraction of sp³-hybridized carbons (Fsp3) is 1.00. The first-order chi connectivity index (χ1) is 8.24. The molecular formula is C15H29F2N. The summed E-state index contributed by atoms with van der Waals surface area (Å²) >= 11 is 0. The van der Waals surface area contributed by atoms with Crippen LogP contribution in [0.2, 0.25) is 0 Å². The lowest BCUT2D eigenvalue weighted by Gasteiger charge is -2.37. The van der Waals surface area contributed by atoms with E-state index < -0.39 is 5.92 Å². The molecule has 0 aromatic carbocycles. The molecule has 3 heteroatoms. The second-order valence-corrected chi connectivity index (χ2v) is 6.93. The van der Waals surface area contributed by atoms with E-state index in [-0.39, 0.29) is 24.2 Å². The molecule has 0 heterocycles. The average molecular weight is 261 g/mol. The summed E-state index contributed by atoms with van der Waals surface area (Å²) in [6, 6.07) is 0.344. The summed E-state index contributed by atoms with van der Waals surface area (Å²) in [6.45, 7) is 9.70. The highest BCUT2D eigenvalue weighted by molar-refractivity contribution is 4.86. The lowest BCUT2D eigenvalue weighted by atomic mass is 9.76. The highest BCUT2D eigenvalue weighted by Gasteiger charge is 2.38. The Morgan fingerprint density at radius 1 is 1.33 bits per heavy atom. The lowest BCUT2D eigenvalue weighted by molar-refractivity contribution is -0.0564. The molecule has 108 valence electrons. The zero-order valence-corrected chi connectivity index (χ0v) is 12.4. The molecule has 1 rings (SSSR count). The molecule has 1 nitrogen and oxygen atoms in total. The molecule has 0 aliphatic heterocycles. The van der Waals surface area contributed by atoms with E-state index in [4.69, 9.17) is 0 Å². The summed E-state index contributed by atoms with van der Waals surface area (Å²) in [7, 11) is 0. The summed E-state index contributed by atoms with van der Waals surface area (Å²) in [5.74, 6) is -2.24. The van der Waals surface area contributed by atoms with Crippen molar-refractivity contribution >= 4 is 0 Å². The van der Waals surface area contributed by atoms with Gasteiger partial charge >= 0.3 is 0 Å². The van der Waals surface area contributed by atoms with Crippen LogP contribution >= 0.6 is 0 Å². The minimum Gasteiger partial charge on any atom is -0.313 e. The van der Waals surface area contributed by atoms with Gasteiger partial charge in [0.25, 0.3) is 0 Å². The van der Waals surface area contributed by atoms with Crippen molar-refractivity contribution in [2.75, 3.05) is 6.54 Å². The molecule has 0 amide bonds. The van der Waals surface area contributed by atoms with Crippen LogP contribution in [0.1, 0.15) is 66.2 Å². The quantitative estimate of drug-likeness (QED) is 0.761. The van der Waals surface area contributed by atoms with Crippen LogP contribution in [0.15, 0.2) is 0 Å². The first-order valence-electron chi connectivity index (χ1n) is 7.36. The fourth-order valence-corrected chi connectivity index (χ4v) is 2.87. The van der Waals surface area contributed by atoms with Crippen molar-refractivity contribution in [1.29, 1.82) is 0 Å². The van der Waals surface area contributed by atoms with Crippen LogP contribution in [-0.4, -0.2) is 18.5 Å². The number of hydrogen-bond acceptors (Lipinski definition) is 1. The third kappa shape index (κ3) is 5.21. The van der Waals surface area contributed by atoms with Crippen LogP contribution in [-0.2, 0) is 0 Å². The molecule has 1 saturated carbocycles. The zero-order chi connectivity index (χ0) is 13.8. The van der Waals surface area contributed by atoms with Gasteiger partial charge in [-0.3, -0.25) is 0 Å². The first kappa shape index (κ1) is 15.9. The van der Waals surface area contributed by atoms with Gasteiger partial charge in [-0.1, -0.05) is 27.7 Å². The maximum Gasteiger partial charge on any atom is 0.248 e. The van der Waals surface area contributed by atoms with Crippen LogP contribution in [0.4, 0.5) is 8.78 Å². The second kappa shape index (κ2) is 6.31. The normalized spacial score (nSPS) is 26.0. The summed E-state index contributed by atoms with van der Waals surface area (Å²) in [4.78, 5) is 0. The minimum atomic E-state index is -2.42. The first-order valence-corrected chi connectivity index (χ1v) is 7.36. The van der Waals surface area contributed by atoms with Gasteiger partial charge in [0.05, 0.1) is 0 Å².